The van der Waals surface area contributed by atoms with Crippen LogP contribution in [0.25, 0.3) is 0 Å². The Labute approximate surface area is 228 Å². The molecule has 7 heteroatoms. The first-order chi connectivity index (χ1) is 18.9. The van der Waals surface area contributed by atoms with Crippen molar-refractivity contribution < 1.29 is 14.4 Å². The molecule has 3 N–H and O–H groups in total. The van der Waals surface area contributed by atoms with Crippen molar-refractivity contribution in [3.63, 3.8) is 0 Å². The van der Waals surface area contributed by atoms with Gasteiger partial charge in [0.2, 0.25) is 5.91 Å². The van der Waals surface area contributed by atoms with Crippen molar-refractivity contribution in [2.24, 2.45) is 0 Å². The van der Waals surface area contributed by atoms with Crippen LogP contribution < -0.4 is 16.0 Å². The zero-order chi connectivity index (χ0) is 27.6. The molecule has 0 bridgehead atoms. The molecule has 4 aromatic rings. The smallest absolute Gasteiger partial charge is 0.253 e. The van der Waals surface area contributed by atoms with Gasteiger partial charge >= 0.3 is 0 Å². The highest BCUT2D eigenvalue weighted by Crippen LogP contribution is 2.16. The first kappa shape index (κ1) is 27.1. The van der Waals surface area contributed by atoms with Crippen molar-refractivity contribution in [2.45, 2.75) is 19.5 Å². The highest BCUT2D eigenvalue weighted by atomic mass is 16.2. The number of hydrogen-bond donors (Lipinski definition) is 3. The van der Waals surface area contributed by atoms with Crippen LogP contribution in [0.3, 0.4) is 0 Å². The lowest BCUT2D eigenvalue weighted by molar-refractivity contribution is -0.114. The number of carbonyl (C=O) groups excluding carboxylic acids is 3. The van der Waals surface area contributed by atoms with Gasteiger partial charge in [-0.15, -0.1) is 0 Å². The molecule has 0 aliphatic heterocycles. The number of rotatable bonds is 10. The summed E-state index contributed by atoms with van der Waals surface area (Å²) in [5.41, 5.74) is 4.22. The molecule has 39 heavy (non-hydrogen) atoms. The van der Waals surface area contributed by atoms with E-state index in [4.69, 9.17) is 0 Å². The molecular formula is C32H32N4O3. The summed E-state index contributed by atoms with van der Waals surface area (Å²) in [6.07, 6.45) is 0. The van der Waals surface area contributed by atoms with E-state index < -0.39 is 0 Å². The molecule has 0 aromatic heterocycles. The maximum absolute atomic E-state index is 12.9. The normalized spacial score (nSPS) is 11.2. The number of nitrogens with zero attached hydrogens (tertiary/aromatic N) is 1. The van der Waals surface area contributed by atoms with E-state index in [1.165, 1.54) is 0 Å². The topological polar surface area (TPSA) is 90.5 Å². The molecule has 0 heterocycles. The zero-order valence-electron chi connectivity index (χ0n) is 22.1. The van der Waals surface area contributed by atoms with Gasteiger partial charge in [0, 0.05) is 36.1 Å². The highest BCUT2D eigenvalue weighted by Gasteiger charge is 2.14. The molecule has 4 aromatic carbocycles. The monoisotopic (exact) mass is 520 g/mol. The second-order valence-electron chi connectivity index (χ2n) is 9.32. The largest absolute Gasteiger partial charge is 0.376 e. The minimum atomic E-state index is -0.275. The van der Waals surface area contributed by atoms with Crippen LogP contribution in [0.1, 0.15) is 44.8 Å². The lowest BCUT2D eigenvalue weighted by Crippen LogP contribution is -2.27. The number of carbonyl (C=O) groups is 3. The zero-order valence-corrected chi connectivity index (χ0v) is 22.1. The lowest BCUT2D eigenvalue weighted by Gasteiger charge is -2.18. The molecule has 0 saturated heterocycles. The van der Waals surface area contributed by atoms with Crippen LogP contribution in [-0.2, 0) is 11.3 Å². The Morgan fingerprint density at radius 1 is 0.744 bits per heavy atom. The molecule has 198 valence electrons. The van der Waals surface area contributed by atoms with Crippen LogP contribution in [0.5, 0.6) is 0 Å². The van der Waals surface area contributed by atoms with Gasteiger partial charge < -0.3 is 20.9 Å². The maximum atomic E-state index is 12.9. The predicted molar refractivity (Wildman–Crippen MR) is 155 cm³/mol. The minimum Gasteiger partial charge on any atom is -0.376 e. The van der Waals surface area contributed by atoms with Gasteiger partial charge in [-0.25, -0.2) is 0 Å². The second-order valence-corrected chi connectivity index (χ2v) is 9.32. The third kappa shape index (κ3) is 7.79. The Morgan fingerprint density at radius 2 is 1.36 bits per heavy atom. The van der Waals surface area contributed by atoms with Crippen LogP contribution in [0.4, 0.5) is 11.4 Å². The Kier molecular flexibility index (Phi) is 9.08. The van der Waals surface area contributed by atoms with E-state index in [0.717, 1.165) is 11.1 Å². The molecule has 0 radical (unpaired) electrons. The number of benzene rings is 4. The van der Waals surface area contributed by atoms with E-state index in [9.17, 15) is 14.4 Å². The van der Waals surface area contributed by atoms with Gasteiger partial charge in [-0.2, -0.15) is 0 Å². The van der Waals surface area contributed by atoms with Crippen molar-refractivity contribution in [1.29, 1.82) is 0 Å². The third-order valence-electron chi connectivity index (χ3n) is 6.23. The predicted octanol–water partition coefficient (Wildman–Crippen LogP) is 5.50. The molecule has 0 saturated carbocycles. The summed E-state index contributed by atoms with van der Waals surface area (Å²) in [6.45, 7) is 2.43. The Balaban J connectivity index is 1.30. The summed E-state index contributed by atoms with van der Waals surface area (Å²) in [5.74, 6) is -0.606. The molecule has 0 aliphatic rings. The number of hydrogen-bond acceptors (Lipinski definition) is 4. The van der Waals surface area contributed by atoms with Gasteiger partial charge in [-0.05, 0) is 54.4 Å². The summed E-state index contributed by atoms with van der Waals surface area (Å²) in [7, 11) is 1.76. The van der Waals surface area contributed by atoms with E-state index in [2.05, 4.69) is 16.0 Å². The molecule has 0 aliphatic carbocycles. The van der Waals surface area contributed by atoms with Crippen molar-refractivity contribution >= 4 is 29.1 Å². The number of anilines is 2. The number of nitrogens with one attached hydrogen (secondary N) is 3. The van der Waals surface area contributed by atoms with Gasteiger partial charge in [0.15, 0.2) is 0 Å². The SMILES string of the molecule is CC(NC(=O)c1cccc(NC(=O)CNc2cccc(C(=O)N(C)Cc3ccccc3)c2)c1)c1ccccc1. The quantitative estimate of drug-likeness (QED) is 0.258. The lowest BCUT2D eigenvalue weighted by atomic mass is 10.1. The van der Waals surface area contributed by atoms with Crippen LogP contribution in [0.2, 0.25) is 0 Å². The average molecular weight is 521 g/mol. The summed E-state index contributed by atoms with van der Waals surface area (Å²) < 4.78 is 0. The van der Waals surface area contributed by atoms with Gasteiger partial charge in [-0.3, -0.25) is 14.4 Å². The Hall–Kier alpha value is -4.91. The molecule has 4 rings (SSSR count). The van der Waals surface area contributed by atoms with Crippen molar-refractivity contribution in [3.8, 4) is 0 Å². The highest BCUT2D eigenvalue weighted by molar-refractivity contribution is 5.98. The van der Waals surface area contributed by atoms with Gasteiger partial charge in [0.25, 0.3) is 11.8 Å². The van der Waals surface area contributed by atoms with Crippen LogP contribution in [0, 0.1) is 0 Å². The fourth-order valence-electron chi connectivity index (χ4n) is 4.14. The molecule has 1 unspecified atom stereocenters. The van der Waals surface area contributed by atoms with Gasteiger partial charge in [0.1, 0.15) is 0 Å². The van der Waals surface area contributed by atoms with Crippen LogP contribution >= 0.6 is 0 Å². The van der Waals surface area contributed by atoms with Gasteiger partial charge in [-0.1, -0.05) is 72.8 Å². The molecule has 0 spiro atoms. The molecule has 1 atom stereocenters. The van der Waals surface area contributed by atoms with Crippen molar-refractivity contribution in [2.75, 3.05) is 24.2 Å². The van der Waals surface area contributed by atoms with Crippen LogP contribution in [0.15, 0.2) is 109 Å². The molecule has 0 fully saturated rings. The minimum absolute atomic E-state index is 0.00103. The third-order valence-corrected chi connectivity index (χ3v) is 6.23. The van der Waals surface area contributed by atoms with E-state index in [1.807, 2.05) is 67.6 Å². The summed E-state index contributed by atoms with van der Waals surface area (Å²) in [6, 6.07) is 33.2. The Morgan fingerprint density at radius 3 is 2.08 bits per heavy atom. The maximum Gasteiger partial charge on any atom is 0.253 e. The van der Waals surface area contributed by atoms with E-state index in [1.54, 1.807) is 60.5 Å². The molecule has 7 nitrogen and oxygen atoms in total. The average Bonchev–Trinajstić information content (AvgIpc) is 2.97. The fourth-order valence-corrected chi connectivity index (χ4v) is 4.14. The summed E-state index contributed by atoms with van der Waals surface area (Å²) in [4.78, 5) is 39.9. The first-order valence-corrected chi connectivity index (χ1v) is 12.8. The first-order valence-electron chi connectivity index (χ1n) is 12.8. The molecular weight excluding hydrogens is 488 g/mol. The van der Waals surface area contributed by atoms with Gasteiger partial charge in [0.05, 0.1) is 12.6 Å². The number of amides is 3. The second kappa shape index (κ2) is 13.1. The van der Waals surface area contributed by atoms with Crippen molar-refractivity contribution in [3.05, 3.63) is 131 Å². The standard InChI is InChI=1S/C32H32N4O3/c1-23(25-13-7-4-8-14-25)34-31(38)26-15-9-18-29(19-26)35-30(37)21-33-28-17-10-16-27(20-28)32(39)36(2)22-24-11-5-3-6-12-24/h3-20,23,33H,21-22H2,1-2H3,(H,34,38)(H,35,37). The van der Waals surface area contributed by atoms with Crippen molar-refractivity contribution in [1.82, 2.24) is 10.2 Å². The fraction of sp³-hybridized carbons (Fsp3) is 0.156. The molecule has 3 amide bonds. The van der Waals surface area contributed by atoms with E-state index in [0.29, 0.717) is 29.0 Å². The summed E-state index contributed by atoms with van der Waals surface area (Å²) in [5, 5.41) is 8.87. The van der Waals surface area contributed by atoms with E-state index in [-0.39, 0.29) is 30.3 Å². The van der Waals surface area contributed by atoms with E-state index >= 15 is 0 Å². The summed E-state index contributed by atoms with van der Waals surface area (Å²) >= 11 is 0. The Bertz CT molecular complexity index is 1420. The van der Waals surface area contributed by atoms with Crippen LogP contribution in [-0.4, -0.2) is 36.2 Å².